The lowest BCUT2D eigenvalue weighted by molar-refractivity contribution is 0.184. The highest BCUT2D eigenvalue weighted by atomic mass is 19.1. The van der Waals surface area contributed by atoms with Gasteiger partial charge in [0.2, 0.25) is 0 Å². The van der Waals surface area contributed by atoms with Crippen molar-refractivity contribution in [1.29, 1.82) is 0 Å². The number of fused-ring (bicyclic) bond motifs is 2. The lowest BCUT2D eigenvalue weighted by atomic mass is 9.92. The van der Waals surface area contributed by atoms with Gasteiger partial charge in [-0.15, -0.1) is 0 Å². The molecule has 37 heavy (non-hydrogen) atoms. The number of carbonyl (C=O) groups excluding carboxylic acids is 1. The van der Waals surface area contributed by atoms with E-state index in [-0.39, 0.29) is 24.2 Å². The normalized spacial score (nSPS) is 15.1. The molecule has 5 rings (SSSR count). The maximum atomic E-state index is 15.4. The summed E-state index contributed by atoms with van der Waals surface area (Å²) in [6.45, 7) is 1.84. The molecular formula is C29H29FN4O3. The number of hydrazone groups is 1. The third-order valence-electron chi connectivity index (χ3n) is 6.88. The number of methoxy groups -OCH3 is 2. The van der Waals surface area contributed by atoms with E-state index < -0.39 is 5.82 Å². The number of amides is 2. The largest absolute Gasteiger partial charge is 0.493 e. The minimum atomic E-state index is -0.432. The van der Waals surface area contributed by atoms with Gasteiger partial charge in [0.1, 0.15) is 11.5 Å². The van der Waals surface area contributed by atoms with Gasteiger partial charge in [-0.05, 0) is 42.7 Å². The summed E-state index contributed by atoms with van der Waals surface area (Å²) in [5.74, 6) is 0.209. The molecule has 0 fully saturated rings. The maximum Gasteiger partial charge on any atom is 0.337 e. The predicted molar refractivity (Wildman–Crippen MR) is 143 cm³/mol. The Bertz CT molecular complexity index is 1520. The van der Waals surface area contributed by atoms with Crippen LogP contribution in [0.5, 0.6) is 11.5 Å². The van der Waals surface area contributed by atoms with Gasteiger partial charge in [-0.1, -0.05) is 30.3 Å². The van der Waals surface area contributed by atoms with E-state index in [9.17, 15) is 4.79 Å². The number of hydrogen-bond donors (Lipinski definition) is 1. The first-order valence-corrected chi connectivity index (χ1v) is 12.1. The van der Waals surface area contributed by atoms with Crippen LogP contribution in [0.3, 0.4) is 0 Å². The Hall–Kier alpha value is -4.33. The smallest absolute Gasteiger partial charge is 0.337 e. The van der Waals surface area contributed by atoms with Gasteiger partial charge in [-0.2, -0.15) is 5.10 Å². The molecule has 1 aromatic heterocycles. The molecule has 0 saturated carbocycles. The van der Waals surface area contributed by atoms with Gasteiger partial charge in [0.25, 0.3) is 0 Å². The number of nitrogens with zero attached hydrogens (tertiary/aromatic N) is 3. The fraction of sp³-hybridized carbons (Fsp3) is 0.241. The first-order chi connectivity index (χ1) is 17.9. The number of urea groups is 1. The first-order valence-electron chi connectivity index (χ1n) is 12.1. The van der Waals surface area contributed by atoms with Crippen LogP contribution in [0.25, 0.3) is 22.0 Å². The SMILES string of the molecule is CNC(=O)N1N=C(c2ccc(-c3ccc4c(ccn4C)c3)cc2)c2c(c(F)cc(OC)c2OC)C[C@@H]1C. The summed E-state index contributed by atoms with van der Waals surface area (Å²) in [7, 11) is 6.55. The van der Waals surface area contributed by atoms with E-state index in [2.05, 4.69) is 34.1 Å². The summed E-state index contributed by atoms with van der Waals surface area (Å²) in [6, 6.07) is 16.9. The van der Waals surface area contributed by atoms with E-state index in [1.165, 1.54) is 25.3 Å². The van der Waals surface area contributed by atoms with E-state index >= 15 is 4.39 Å². The molecule has 1 N–H and O–H groups in total. The van der Waals surface area contributed by atoms with Crippen LogP contribution >= 0.6 is 0 Å². The number of benzene rings is 3. The van der Waals surface area contributed by atoms with Gasteiger partial charge in [0.15, 0.2) is 11.5 Å². The van der Waals surface area contributed by atoms with Crippen LogP contribution in [0.2, 0.25) is 0 Å². The average molecular weight is 501 g/mol. The molecule has 7 nitrogen and oxygen atoms in total. The Morgan fingerprint density at radius 3 is 2.41 bits per heavy atom. The zero-order chi connectivity index (χ0) is 26.3. The molecule has 3 aromatic carbocycles. The third kappa shape index (κ3) is 4.18. The number of aromatic nitrogens is 1. The lowest BCUT2D eigenvalue weighted by Gasteiger charge is -2.22. The minimum Gasteiger partial charge on any atom is -0.493 e. The summed E-state index contributed by atoms with van der Waals surface area (Å²) < 4.78 is 28.6. The van der Waals surface area contributed by atoms with Gasteiger partial charge in [-0.25, -0.2) is 14.2 Å². The number of halogens is 1. The van der Waals surface area contributed by atoms with Gasteiger partial charge in [0, 0.05) is 48.4 Å². The topological polar surface area (TPSA) is 68.1 Å². The van der Waals surface area contributed by atoms with E-state index in [0.717, 1.165) is 27.6 Å². The van der Waals surface area contributed by atoms with Crippen molar-refractivity contribution < 1.29 is 18.7 Å². The van der Waals surface area contributed by atoms with Crippen molar-refractivity contribution in [1.82, 2.24) is 14.9 Å². The average Bonchev–Trinajstić information content (AvgIpc) is 3.21. The third-order valence-corrected chi connectivity index (χ3v) is 6.88. The van der Waals surface area contributed by atoms with Crippen molar-refractivity contribution in [2.75, 3.05) is 21.3 Å². The molecule has 1 aliphatic rings. The Balaban J connectivity index is 1.66. The molecule has 0 bridgehead atoms. The highest BCUT2D eigenvalue weighted by molar-refractivity contribution is 6.16. The molecular weight excluding hydrogens is 471 g/mol. The molecule has 2 heterocycles. The number of ether oxygens (including phenoxy) is 2. The summed E-state index contributed by atoms with van der Waals surface area (Å²) in [5, 5.41) is 9.90. The zero-order valence-corrected chi connectivity index (χ0v) is 21.5. The Labute approximate surface area is 215 Å². The quantitative estimate of drug-likeness (QED) is 0.411. The molecule has 2 amide bonds. The van der Waals surface area contributed by atoms with E-state index in [1.807, 2.05) is 44.4 Å². The van der Waals surface area contributed by atoms with Crippen molar-refractivity contribution >= 4 is 22.6 Å². The van der Waals surface area contributed by atoms with Gasteiger partial charge >= 0.3 is 6.03 Å². The number of aryl methyl sites for hydroxylation is 1. The highest BCUT2D eigenvalue weighted by Gasteiger charge is 2.32. The molecule has 1 atom stereocenters. The van der Waals surface area contributed by atoms with Crippen LogP contribution < -0.4 is 14.8 Å². The predicted octanol–water partition coefficient (Wildman–Crippen LogP) is 5.34. The van der Waals surface area contributed by atoms with Crippen molar-refractivity contribution in [2.45, 2.75) is 19.4 Å². The van der Waals surface area contributed by atoms with Crippen molar-refractivity contribution in [3.8, 4) is 22.6 Å². The summed E-state index contributed by atoms with van der Waals surface area (Å²) in [5.41, 5.74) is 5.34. The molecule has 1 aliphatic heterocycles. The van der Waals surface area contributed by atoms with Crippen LogP contribution in [0.1, 0.15) is 23.6 Å². The molecule has 8 heteroatoms. The summed E-state index contributed by atoms with van der Waals surface area (Å²) in [6.07, 6.45) is 2.30. The molecule has 0 spiro atoms. The van der Waals surface area contributed by atoms with E-state index in [1.54, 1.807) is 7.05 Å². The maximum absolute atomic E-state index is 15.4. The molecule has 0 saturated heterocycles. The van der Waals surface area contributed by atoms with Crippen molar-refractivity contribution in [3.05, 3.63) is 83.3 Å². The monoisotopic (exact) mass is 500 g/mol. The zero-order valence-electron chi connectivity index (χ0n) is 21.5. The fourth-order valence-corrected chi connectivity index (χ4v) is 4.93. The number of nitrogens with one attached hydrogen (secondary N) is 1. The number of rotatable bonds is 4. The van der Waals surface area contributed by atoms with Crippen LogP contribution in [0, 0.1) is 5.82 Å². The van der Waals surface area contributed by atoms with Crippen molar-refractivity contribution in [3.63, 3.8) is 0 Å². The van der Waals surface area contributed by atoms with Crippen LogP contribution in [-0.4, -0.2) is 48.6 Å². The molecule has 0 aliphatic carbocycles. The number of carbonyl (C=O) groups is 1. The second-order valence-electron chi connectivity index (χ2n) is 9.13. The Kier molecular flexibility index (Phi) is 6.33. The Morgan fingerprint density at radius 1 is 1.03 bits per heavy atom. The van der Waals surface area contributed by atoms with Crippen LogP contribution in [-0.2, 0) is 13.5 Å². The second kappa shape index (κ2) is 9.61. The summed E-state index contributed by atoms with van der Waals surface area (Å²) in [4.78, 5) is 12.7. The lowest BCUT2D eigenvalue weighted by Crippen LogP contribution is -2.41. The van der Waals surface area contributed by atoms with Gasteiger partial charge in [-0.3, -0.25) is 0 Å². The van der Waals surface area contributed by atoms with Crippen molar-refractivity contribution in [2.24, 2.45) is 12.1 Å². The van der Waals surface area contributed by atoms with Crippen LogP contribution in [0.15, 0.2) is 65.9 Å². The molecule has 0 radical (unpaired) electrons. The Morgan fingerprint density at radius 2 is 1.73 bits per heavy atom. The number of hydrogen-bond acceptors (Lipinski definition) is 4. The first kappa shape index (κ1) is 24.4. The highest BCUT2D eigenvalue weighted by Crippen LogP contribution is 2.39. The van der Waals surface area contributed by atoms with Gasteiger partial charge < -0.3 is 19.4 Å². The van der Waals surface area contributed by atoms with E-state index in [0.29, 0.717) is 22.6 Å². The molecule has 190 valence electrons. The fourth-order valence-electron chi connectivity index (χ4n) is 4.93. The van der Waals surface area contributed by atoms with Crippen LogP contribution in [0.4, 0.5) is 9.18 Å². The second-order valence-corrected chi connectivity index (χ2v) is 9.13. The molecule has 0 unspecified atom stereocenters. The van der Waals surface area contributed by atoms with Gasteiger partial charge in [0.05, 0.1) is 25.8 Å². The minimum absolute atomic E-state index is 0.261. The molecule has 4 aromatic rings. The summed E-state index contributed by atoms with van der Waals surface area (Å²) >= 11 is 0. The standard InChI is InChI=1S/C29H29FN4O3/c1-17-14-22-23(30)16-25(36-4)28(37-5)26(22)27(32-34(17)29(35)31-2)19-8-6-18(7-9-19)20-10-11-24-21(15-20)12-13-33(24)3/h6-13,15-17H,14H2,1-5H3,(H,31,35)/t17-/m0/s1. The van der Waals surface area contributed by atoms with E-state index in [4.69, 9.17) is 14.6 Å².